The van der Waals surface area contributed by atoms with Crippen LogP contribution in [0.25, 0.3) is 17.1 Å². The third-order valence-corrected chi connectivity index (χ3v) is 3.78. The molecule has 4 rings (SSSR count). The summed E-state index contributed by atoms with van der Waals surface area (Å²) in [5, 5.41) is 3.80. The maximum absolute atomic E-state index is 13.0. The molecule has 134 valence electrons. The van der Waals surface area contributed by atoms with E-state index in [0.717, 1.165) is 5.69 Å². The van der Waals surface area contributed by atoms with Gasteiger partial charge in [0.25, 0.3) is 5.89 Å². The van der Waals surface area contributed by atoms with E-state index in [9.17, 15) is 9.18 Å². The average molecular weight is 364 g/mol. The quantitative estimate of drug-likeness (QED) is 0.505. The average Bonchev–Trinajstić information content (AvgIpc) is 3.37. The van der Waals surface area contributed by atoms with Crippen LogP contribution in [-0.4, -0.2) is 25.7 Å². The number of ether oxygens (including phenoxy) is 1. The van der Waals surface area contributed by atoms with Crippen LogP contribution in [-0.2, 0) is 11.3 Å². The minimum absolute atomic E-state index is 0.133. The van der Waals surface area contributed by atoms with Crippen molar-refractivity contribution in [1.82, 2.24) is 19.7 Å². The number of para-hydroxylation sites is 1. The van der Waals surface area contributed by atoms with Crippen LogP contribution in [0.2, 0.25) is 0 Å². The van der Waals surface area contributed by atoms with Gasteiger partial charge in [-0.15, -0.1) is 0 Å². The van der Waals surface area contributed by atoms with Crippen molar-refractivity contribution in [3.8, 4) is 17.1 Å². The minimum Gasteiger partial charge on any atom is -0.451 e. The molecule has 0 atom stereocenters. The summed E-state index contributed by atoms with van der Waals surface area (Å²) in [5.41, 5.74) is 1.66. The van der Waals surface area contributed by atoms with Gasteiger partial charge in [-0.2, -0.15) is 4.98 Å². The van der Waals surface area contributed by atoms with Crippen molar-refractivity contribution >= 4 is 5.97 Å². The maximum Gasteiger partial charge on any atom is 0.357 e. The van der Waals surface area contributed by atoms with E-state index in [4.69, 9.17) is 9.26 Å². The van der Waals surface area contributed by atoms with E-state index in [1.807, 2.05) is 30.3 Å². The van der Waals surface area contributed by atoms with E-state index < -0.39 is 5.97 Å². The second-order valence-corrected chi connectivity index (χ2v) is 5.58. The van der Waals surface area contributed by atoms with Crippen molar-refractivity contribution in [1.29, 1.82) is 0 Å². The number of carbonyl (C=O) groups excluding carboxylic acids is 1. The Hall–Kier alpha value is -3.81. The van der Waals surface area contributed by atoms with Gasteiger partial charge in [-0.25, -0.2) is 14.2 Å². The van der Waals surface area contributed by atoms with E-state index in [1.165, 1.54) is 36.8 Å². The Labute approximate surface area is 153 Å². The van der Waals surface area contributed by atoms with Crippen molar-refractivity contribution in [3.05, 3.63) is 84.5 Å². The minimum atomic E-state index is -0.571. The molecule has 8 heteroatoms. The fourth-order valence-corrected chi connectivity index (χ4v) is 2.47. The molecule has 27 heavy (non-hydrogen) atoms. The van der Waals surface area contributed by atoms with Crippen LogP contribution in [0.15, 0.2) is 71.6 Å². The van der Waals surface area contributed by atoms with Gasteiger partial charge < -0.3 is 9.26 Å². The topological polar surface area (TPSA) is 83.0 Å². The second kappa shape index (κ2) is 7.20. The fraction of sp³-hybridized carbons (Fsp3) is 0.0526. The van der Waals surface area contributed by atoms with E-state index >= 15 is 0 Å². The molecule has 0 saturated heterocycles. The summed E-state index contributed by atoms with van der Waals surface area (Å²) < 4.78 is 24.9. The first-order chi connectivity index (χ1) is 13.2. The van der Waals surface area contributed by atoms with Crippen LogP contribution in [0.4, 0.5) is 4.39 Å². The third kappa shape index (κ3) is 3.59. The Morgan fingerprint density at radius 3 is 2.67 bits per heavy atom. The lowest BCUT2D eigenvalue weighted by Gasteiger charge is -2.07. The van der Waals surface area contributed by atoms with Gasteiger partial charge in [-0.3, -0.25) is 4.57 Å². The van der Waals surface area contributed by atoms with Crippen molar-refractivity contribution < 1.29 is 18.4 Å². The Morgan fingerprint density at radius 1 is 1.11 bits per heavy atom. The molecule has 2 aromatic carbocycles. The van der Waals surface area contributed by atoms with Gasteiger partial charge in [0.05, 0.1) is 12.5 Å². The molecule has 0 aliphatic carbocycles. The molecule has 0 fully saturated rings. The summed E-state index contributed by atoms with van der Waals surface area (Å²) in [6.45, 7) is -0.188. The number of nitrogens with zero attached hydrogens (tertiary/aromatic N) is 4. The summed E-state index contributed by atoms with van der Waals surface area (Å²) in [6.07, 6.45) is 2.96. The first-order valence-corrected chi connectivity index (χ1v) is 8.04. The molecular formula is C19H13FN4O3. The molecule has 4 aromatic rings. The molecule has 0 aliphatic rings. The highest BCUT2D eigenvalue weighted by Crippen LogP contribution is 2.17. The number of carbonyl (C=O) groups is 1. The molecule has 0 spiro atoms. The normalized spacial score (nSPS) is 10.7. The number of aromatic nitrogens is 4. The molecule has 7 nitrogen and oxygen atoms in total. The molecule has 2 heterocycles. The predicted molar refractivity (Wildman–Crippen MR) is 92.4 cm³/mol. The molecular weight excluding hydrogens is 351 g/mol. The fourth-order valence-electron chi connectivity index (χ4n) is 2.47. The van der Waals surface area contributed by atoms with E-state index in [-0.39, 0.29) is 29.8 Å². The lowest BCUT2D eigenvalue weighted by molar-refractivity contribution is 0.0420. The molecule has 0 amide bonds. The highest BCUT2D eigenvalue weighted by molar-refractivity contribution is 5.88. The highest BCUT2D eigenvalue weighted by atomic mass is 19.1. The number of halogens is 1. The highest BCUT2D eigenvalue weighted by Gasteiger charge is 2.17. The van der Waals surface area contributed by atoms with Gasteiger partial charge in [-0.05, 0) is 36.4 Å². The zero-order valence-electron chi connectivity index (χ0n) is 13.9. The van der Waals surface area contributed by atoms with E-state index in [2.05, 4.69) is 15.1 Å². The summed E-state index contributed by atoms with van der Waals surface area (Å²) in [7, 11) is 0. The lowest BCUT2D eigenvalue weighted by Crippen LogP contribution is -2.10. The SMILES string of the molecule is O=C(OCc1nc(-c2ccc(F)cc2)no1)c1cncn1-c1ccccc1. The van der Waals surface area contributed by atoms with Crippen molar-refractivity contribution in [2.24, 2.45) is 0 Å². The van der Waals surface area contributed by atoms with Crippen LogP contribution in [0.3, 0.4) is 0 Å². The van der Waals surface area contributed by atoms with Gasteiger partial charge in [0.1, 0.15) is 5.82 Å². The molecule has 0 aliphatic heterocycles. The molecule has 0 radical (unpaired) electrons. The van der Waals surface area contributed by atoms with Crippen molar-refractivity contribution in [2.45, 2.75) is 6.61 Å². The maximum atomic E-state index is 13.0. The Bertz CT molecular complexity index is 1060. The van der Waals surface area contributed by atoms with Crippen LogP contribution in [0.5, 0.6) is 0 Å². The van der Waals surface area contributed by atoms with Gasteiger partial charge in [-0.1, -0.05) is 23.4 Å². The van der Waals surface area contributed by atoms with Gasteiger partial charge in [0, 0.05) is 11.3 Å². The zero-order valence-corrected chi connectivity index (χ0v) is 13.9. The molecule has 0 unspecified atom stereocenters. The third-order valence-electron chi connectivity index (χ3n) is 3.78. The van der Waals surface area contributed by atoms with Crippen molar-refractivity contribution in [2.75, 3.05) is 0 Å². The lowest BCUT2D eigenvalue weighted by atomic mass is 10.2. The number of esters is 1. The summed E-state index contributed by atoms with van der Waals surface area (Å²) >= 11 is 0. The standard InChI is InChI=1S/C19H13FN4O3/c20-14-8-6-13(7-9-14)18-22-17(27-23-18)11-26-19(25)16-10-21-12-24(16)15-4-2-1-3-5-15/h1-10,12H,11H2. The van der Waals surface area contributed by atoms with Crippen molar-refractivity contribution in [3.63, 3.8) is 0 Å². The molecule has 0 saturated carbocycles. The molecule has 2 aromatic heterocycles. The van der Waals surface area contributed by atoms with Crippen LogP contribution >= 0.6 is 0 Å². The van der Waals surface area contributed by atoms with Gasteiger partial charge in [0.15, 0.2) is 12.3 Å². The van der Waals surface area contributed by atoms with Gasteiger partial charge >= 0.3 is 5.97 Å². The van der Waals surface area contributed by atoms with E-state index in [1.54, 1.807) is 4.57 Å². The number of rotatable bonds is 5. The Morgan fingerprint density at radius 2 is 1.89 bits per heavy atom. The van der Waals surface area contributed by atoms with E-state index in [0.29, 0.717) is 5.56 Å². The monoisotopic (exact) mass is 364 g/mol. The first kappa shape index (κ1) is 16.6. The van der Waals surface area contributed by atoms with Gasteiger partial charge in [0.2, 0.25) is 5.82 Å². The number of hydrogen-bond acceptors (Lipinski definition) is 6. The number of benzene rings is 2. The molecule has 0 bridgehead atoms. The Kier molecular flexibility index (Phi) is 4.44. The summed E-state index contributed by atoms with van der Waals surface area (Å²) in [5.74, 6) is -0.506. The number of hydrogen-bond donors (Lipinski definition) is 0. The van der Waals surface area contributed by atoms with Crippen LogP contribution < -0.4 is 0 Å². The first-order valence-electron chi connectivity index (χ1n) is 8.04. The smallest absolute Gasteiger partial charge is 0.357 e. The molecule has 0 N–H and O–H groups in total. The predicted octanol–water partition coefficient (Wildman–Crippen LogP) is 3.42. The zero-order chi connectivity index (χ0) is 18.6. The van der Waals surface area contributed by atoms with Crippen LogP contribution in [0, 0.1) is 5.82 Å². The Balaban J connectivity index is 1.45. The number of imidazole rings is 1. The largest absolute Gasteiger partial charge is 0.451 e. The summed E-state index contributed by atoms with van der Waals surface area (Å²) in [6, 6.07) is 15.0. The summed E-state index contributed by atoms with van der Waals surface area (Å²) in [4.78, 5) is 20.5. The van der Waals surface area contributed by atoms with Crippen LogP contribution in [0.1, 0.15) is 16.4 Å². The second-order valence-electron chi connectivity index (χ2n) is 5.58.